The Morgan fingerprint density at radius 3 is 2.04 bits per heavy atom. The van der Waals surface area contributed by atoms with Gasteiger partial charge in [0, 0.05) is 24.0 Å². The van der Waals surface area contributed by atoms with E-state index in [-0.39, 0.29) is 23.9 Å². The number of hydrogen-bond donors (Lipinski definition) is 1. The van der Waals surface area contributed by atoms with E-state index in [9.17, 15) is 31.2 Å². The van der Waals surface area contributed by atoms with Crippen LogP contribution in [0.15, 0.2) is 108 Å². The Morgan fingerprint density at radius 1 is 0.854 bits per heavy atom. The maximum absolute atomic E-state index is 14.5. The molecule has 0 saturated heterocycles. The second-order valence-corrected chi connectivity index (χ2v) is 13.9. The van der Waals surface area contributed by atoms with E-state index in [1.54, 1.807) is 54.6 Å². The molecule has 4 aromatic rings. The molecular formula is C35H34Cl2F3N3O4S. The first-order chi connectivity index (χ1) is 22.7. The summed E-state index contributed by atoms with van der Waals surface area (Å²) in [5.74, 6) is -1.30. The van der Waals surface area contributed by atoms with Crippen LogP contribution in [0.1, 0.15) is 37.0 Å². The summed E-state index contributed by atoms with van der Waals surface area (Å²) < 4.78 is 70.5. The minimum atomic E-state index is -4.91. The molecule has 4 rings (SSSR count). The van der Waals surface area contributed by atoms with Crippen LogP contribution in [0.5, 0.6) is 0 Å². The summed E-state index contributed by atoms with van der Waals surface area (Å²) in [4.78, 5) is 29.4. The van der Waals surface area contributed by atoms with Crippen LogP contribution in [-0.2, 0) is 38.8 Å². The molecule has 0 aliphatic carbocycles. The van der Waals surface area contributed by atoms with Gasteiger partial charge in [0.25, 0.3) is 10.0 Å². The average molecular weight is 721 g/mol. The van der Waals surface area contributed by atoms with Crippen LogP contribution in [0.25, 0.3) is 0 Å². The zero-order chi connectivity index (χ0) is 35.1. The average Bonchev–Trinajstić information content (AvgIpc) is 3.06. The highest BCUT2D eigenvalue weighted by molar-refractivity contribution is 7.92. The number of carbonyl (C=O) groups excluding carboxylic acids is 2. The lowest BCUT2D eigenvalue weighted by Crippen LogP contribution is -2.54. The third-order valence-electron chi connectivity index (χ3n) is 7.69. The molecule has 0 spiro atoms. The van der Waals surface area contributed by atoms with Crippen molar-refractivity contribution in [1.29, 1.82) is 0 Å². The lowest BCUT2D eigenvalue weighted by Gasteiger charge is -2.34. The summed E-state index contributed by atoms with van der Waals surface area (Å²) in [6.45, 7) is 2.65. The highest BCUT2D eigenvalue weighted by Gasteiger charge is 2.37. The van der Waals surface area contributed by atoms with Crippen LogP contribution in [0.2, 0.25) is 10.0 Å². The molecule has 2 amide bonds. The fraction of sp³-hybridized carbons (Fsp3) is 0.257. The number of amides is 2. The molecule has 13 heteroatoms. The summed E-state index contributed by atoms with van der Waals surface area (Å²) in [5.41, 5.74) is -0.378. The van der Waals surface area contributed by atoms with E-state index < -0.39 is 56.9 Å². The molecule has 0 aliphatic heterocycles. The molecule has 4 aromatic carbocycles. The predicted octanol–water partition coefficient (Wildman–Crippen LogP) is 7.76. The van der Waals surface area contributed by atoms with Crippen molar-refractivity contribution in [3.63, 3.8) is 0 Å². The Kier molecular flexibility index (Phi) is 12.2. The van der Waals surface area contributed by atoms with Gasteiger partial charge in [-0.05, 0) is 66.9 Å². The molecular weight excluding hydrogens is 686 g/mol. The van der Waals surface area contributed by atoms with Crippen molar-refractivity contribution in [2.24, 2.45) is 0 Å². The zero-order valence-electron chi connectivity index (χ0n) is 26.1. The monoisotopic (exact) mass is 719 g/mol. The molecule has 1 N–H and O–H groups in total. The summed E-state index contributed by atoms with van der Waals surface area (Å²) >= 11 is 12.0. The third-order valence-corrected chi connectivity index (χ3v) is 10.1. The van der Waals surface area contributed by atoms with Crippen molar-refractivity contribution < 1.29 is 31.2 Å². The maximum Gasteiger partial charge on any atom is 0.417 e. The number of carbonyl (C=O) groups is 2. The number of nitrogens with zero attached hydrogens (tertiary/aromatic N) is 2. The largest absolute Gasteiger partial charge is 0.417 e. The Labute approximate surface area is 288 Å². The number of anilines is 1. The number of sulfonamides is 1. The number of benzene rings is 4. The van der Waals surface area contributed by atoms with E-state index in [4.69, 9.17) is 23.2 Å². The number of halogens is 5. The Bertz CT molecular complexity index is 1810. The third kappa shape index (κ3) is 9.30. The van der Waals surface area contributed by atoms with E-state index in [0.717, 1.165) is 17.7 Å². The number of alkyl halides is 3. The molecule has 48 heavy (non-hydrogen) atoms. The highest BCUT2D eigenvalue weighted by Crippen LogP contribution is 2.38. The van der Waals surface area contributed by atoms with Crippen molar-refractivity contribution in [2.75, 3.05) is 10.8 Å². The molecule has 0 heterocycles. The Balaban J connectivity index is 1.86. The molecule has 0 aromatic heterocycles. The van der Waals surface area contributed by atoms with Gasteiger partial charge in [0.1, 0.15) is 12.6 Å². The molecule has 254 valence electrons. The molecule has 0 aliphatic rings. The van der Waals surface area contributed by atoms with Gasteiger partial charge < -0.3 is 10.2 Å². The quantitative estimate of drug-likeness (QED) is 0.153. The van der Waals surface area contributed by atoms with Crippen LogP contribution in [-0.4, -0.2) is 43.8 Å². The first-order valence-corrected chi connectivity index (χ1v) is 17.2. The SMILES string of the molecule is CCC(C)NC(=O)C(Cc1ccccc1)N(Cc1ccc(Cl)cc1)C(=O)CN(c1ccc(Cl)c(C(F)(F)F)c1)S(=O)(=O)c1ccccc1. The maximum atomic E-state index is 14.5. The smallest absolute Gasteiger partial charge is 0.352 e. The van der Waals surface area contributed by atoms with Crippen molar-refractivity contribution in [3.05, 3.63) is 130 Å². The fourth-order valence-corrected chi connectivity index (χ4v) is 6.69. The zero-order valence-corrected chi connectivity index (χ0v) is 28.5. The van der Waals surface area contributed by atoms with E-state index in [2.05, 4.69) is 5.32 Å². The Hall–Kier alpha value is -4.06. The van der Waals surface area contributed by atoms with Gasteiger partial charge in [-0.25, -0.2) is 8.42 Å². The van der Waals surface area contributed by atoms with Gasteiger partial charge in [-0.2, -0.15) is 13.2 Å². The molecule has 2 atom stereocenters. The summed E-state index contributed by atoms with van der Waals surface area (Å²) in [5, 5.41) is 2.73. The van der Waals surface area contributed by atoms with Crippen LogP contribution in [0.4, 0.5) is 18.9 Å². The molecule has 0 saturated carbocycles. The Morgan fingerprint density at radius 2 is 1.46 bits per heavy atom. The van der Waals surface area contributed by atoms with Crippen molar-refractivity contribution in [2.45, 2.75) is 56.4 Å². The van der Waals surface area contributed by atoms with E-state index >= 15 is 0 Å². The van der Waals surface area contributed by atoms with Crippen molar-refractivity contribution in [1.82, 2.24) is 10.2 Å². The standard InChI is InChI=1S/C35H34Cl2F3N3O4S/c1-3-24(2)41-34(45)32(20-25-10-6-4-7-11-25)42(22-26-14-16-27(36)17-15-26)33(44)23-43(48(46,47)29-12-8-5-9-13-29)28-18-19-31(37)30(21-28)35(38,39)40/h4-19,21,24,32H,3,20,22-23H2,1-2H3,(H,41,45). The molecule has 2 unspecified atom stereocenters. The first kappa shape index (κ1) is 36.8. The topological polar surface area (TPSA) is 86.8 Å². The van der Waals surface area contributed by atoms with E-state index in [1.807, 2.05) is 19.9 Å². The van der Waals surface area contributed by atoms with Crippen molar-refractivity contribution >= 4 is 50.7 Å². The van der Waals surface area contributed by atoms with Gasteiger partial charge in [0.2, 0.25) is 11.8 Å². The highest BCUT2D eigenvalue weighted by atomic mass is 35.5. The number of hydrogen-bond acceptors (Lipinski definition) is 4. The number of nitrogens with one attached hydrogen (secondary N) is 1. The molecule has 0 radical (unpaired) electrons. The van der Waals surface area contributed by atoms with Crippen LogP contribution in [0, 0.1) is 0 Å². The summed E-state index contributed by atoms with van der Waals surface area (Å²) in [7, 11) is -4.61. The lowest BCUT2D eigenvalue weighted by molar-refractivity contribution is -0.140. The molecule has 0 fully saturated rings. The van der Waals surface area contributed by atoms with Gasteiger partial charge >= 0.3 is 6.18 Å². The predicted molar refractivity (Wildman–Crippen MR) is 181 cm³/mol. The molecule has 7 nitrogen and oxygen atoms in total. The van der Waals surface area contributed by atoms with E-state index in [0.29, 0.717) is 27.4 Å². The lowest BCUT2D eigenvalue weighted by atomic mass is 10.0. The fourth-order valence-electron chi connectivity index (χ4n) is 4.92. The second-order valence-electron chi connectivity index (χ2n) is 11.2. The van der Waals surface area contributed by atoms with Gasteiger partial charge in [-0.3, -0.25) is 13.9 Å². The van der Waals surface area contributed by atoms with Crippen molar-refractivity contribution in [3.8, 4) is 0 Å². The van der Waals surface area contributed by atoms with Gasteiger partial charge in [-0.15, -0.1) is 0 Å². The second kappa shape index (κ2) is 15.9. The van der Waals surface area contributed by atoms with Gasteiger partial charge in [-0.1, -0.05) is 90.8 Å². The molecule has 0 bridgehead atoms. The number of rotatable bonds is 13. The van der Waals surface area contributed by atoms with Gasteiger partial charge in [0.15, 0.2) is 0 Å². The van der Waals surface area contributed by atoms with E-state index in [1.165, 1.54) is 29.2 Å². The van der Waals surface area contributed by atoms with Crippen LogP contribution < -0.4 is 9.62 Å². The summed E-state index contributed by atoms with van der Waals surface area (Å²) in [6, 6.07) is 23.9. The normalized spacial score (nSPS) is 13.0. The van der Waals surface area contributed by atoms with Gasteiger partial charge in [0.05, 0.1) is 21.2 Å². The van der Waals surface area contributed by atoms with Crippen LogP contribution >= 0.6 is 23.2 Å². The minimum absolute atomic E-state index is 0.0764. The summed E-state index contributed by atoms with van der Waals surface area (Å²) in [6.07, 6.45) is -4.22. The first-order valence-electron chi connectivity index (χ1n) is 15.0. The minimum Gasteiger partial charge on any atom is -0.352 e. The van der Waals surface area contributed by atoms with Crippen LogP contribution in [0.3, 0.4) is 0 Å².